The number of rotatable bonds is 65. The third kappa shape index (κ3) is 61.3. The molecule has 0 heterocycles. The Morgan fingerprint density at radius 1 is 0.322 bits per heavy atom. The van der Waals surface area contributed by atoms with Crippen LogP contribution in [-0.2, 0) is 65.4 Å². The molecule has 87 heavy (non-hydrogen) atoms. The Morgan fingerprint density at radius 3 is 0.816 bits per heavy atom. The van der Waals surface area contributed by atoms with Gasteiger partial charge in [0.05, 0.1) is 26.4 Å². The molecule has 0 rings (SSSR count). The molecule has 0 bridgehead atoms. The maximum absolute atomic E-state index is 13.0. The third-order valence-corrected chi connectivity index (χ3v) is 17.8. The van der Waals surface area contributed by atoms with Crippen molar-refractivity contribution < 1.29 is 80.2 Å². The predicted molar refractivity (Wildman–Crippen MR) is 349 cm³/mol. The number of carbonyl (C=O) groups is 4. The van der Waals surface area contributed by atoms with Gasteiger partial charge >= 0.3 is 39.5 Å². The van der Waals surface area contributed by atoms with Gasteiger partial charge in [-0.25, -0.2) is 9.13 Å². The van der Waals surface area contributed by atoms with Gasteiger partial charge < -0.3 is 33.8 Å². The Kier molecular flexibility index (Phi) is 56.6. The monoisotopic (exact) mass is 1280 g/mol. The van der Waals surface area contributed by atoms with Crippen LogP contribution >= 0.6 is 15.6 Å². The molecule has 0 aliphatic heterocycles. The zero-order valence-electron chi connectivity index (χ0n) is 56.6. The highest BCUT2D eigenvalue weighted by atomic mass is 31.2. The average Bonchev–Trinajstić information content (AvgIpc) is 3.53. The minimum absolute atomic E-state index is 0.102. The molecule has 17 nitrogen and oxygen atoms in total. The van der Waals surface area contributed by atoms with Gasteiger partial charge in [-0.05, 0) is 49.4 Å². The van der Waals surface area contributed by atoms with Gasteiger partial charge in [-0.15, -0.1) is 0 Å². The van der Waals surface area contributed by atoms with E-state index in [9.17, 15) is 43.2 Å². The van der Waals surface area contributed by atoms with Crippen LogP contribution in [0.5, 0.6) is 0 Å². The number of carbonyl (C=O) groups excluding carboxylic acids is 4. The fraction of sp³-hybridized carbons (Fsp3) is 0.941. The summed E-state index contributed by atoms with van der Waals surface area (Å²) in [4.78, 5) is 72.4. The van der Waals surface area contributed by atoms with E-state index in [4.69, 9.17) is 37.0 Å². The zero-order valence-corrected chi connectivity index (χ0v) is 58.4. The van der Waals surface area contributed by atoms with Crippen LogP contribution in [0.1, 0.15) is 331 Å². The van der Waals surface area contributed by atoms with Crippen LogP contribution in [0.4, 0.5) is 0 Å². The maximum atomic E-state index is 13.0. The van der Waals surface area contributed by atoms with Gasteiger partial charge in [-0.3, -0.25) is 37.3 Å². The van der Waals surface area contributed by atoms with E-state index in [1.807, 2.05) is 0 Å². The zero-order chi connectivity index (χ0) is 64.7. The van der Waals surface area contributed by atoms with Crippen molar-refractivity contribution in [3.05, 3.63) is 0 Å². The van der Waals surface area contributed by atoms with Gasteiger partial charge in [0.2, 0.25) is 0 Å². The average molecular weight is 1280 g/mol. The number of hydrogen-bond donors (Lipinski definition) is 3. The number of esters is 4. The van der Waals surface area contributed by atoms with Crippen molar-refractivity contribution >= 4 is 39.5 Å². The number of phosphoric ester groups is 2. The molecule has 0 saturated heterocycles. The topological polar surface area (TPSA) is 237 Å². The van der Waals surface area contributed by atoms with Crippen LogP contribution in [0.3, 0.4) is 0 Å². The molecule has 0 aromatic rings. The number of ether oxygens (including phenoxy) is 4. The van der Waals surface area contributed by atoms with Crippen LogP contribution in [0.2, 0.25) is 0 Å². The first-order chi connectivity index (χ1) is 41.6. The summed E-state index contributed by atoms with van der Waals surface area (Å²) in [5, 5.41) is 10.6. The van der Waals surface area contributed by atoms with E-state index in [0.29, 0.717) is 37.5 Å². The van der Waals surface area contributed by atoms with E-state index in [0.717, 1.165) is 115 Å². The largest absolute Gasteiger partial charge is 0.472 e. The van der Waals surface area contributed by atoms with Crippen LogP contribution in [0.15, 0.2) is 0 Å². The van der Waals surface area contributed by atoms with Crippen molar-refractivity contribution in [1.82, 2.24) is 0 Å². The summed E-state index contributed by atoms with van der Waals surface area (Å²) < 4.78 is 68.1. The summed E-state index contributed by atoms with van der Waals surface area (Å²) in [5.41, 5.74) is 0. The van der Waals surface area contributed by atoms with Crippen molar-refractivity contribution in [3.63, 3.8) is 0 Å². The second-order valence-electron chi connectivity index (χ2n) is 26.2. The van der Waals surface area contributed by atoms with Crippen molar-refractivity contribution in [1.29, 1.82) is 0 Å². The van der Waals surface area contributed by atoms with E-state index in [2.05, 4.69) is 55.4 Å². The predicted octanol–water partition coefficient (Wildman–Crippen LogP) is 18.9. The molecule has 0 fully saturated rings. The molecule has 0 amide bonds. The molecule has 0 radical (unpaired) electrons. The lowest BCUT2D eigenvalue weighted by Gasteiger charge is -2.21. The summed E-state index contributed by atoms with van der Waals surface area (Å²) in [7, 11) is -9.90. The number of unbranched alkanes of at least 4 members (excludes halogenated alkanes) is 30. The lowest BCUT2D eigenvalue weighted by atomic mass is 10.00. The molecule has 19 heteroatoms. The lowest BCUT2D eigenvalue weighted by molar-refractivity contribution is -0.161. The van der Waals surface area contributed by atoms with Crippen LogP contribution in [-0.4, -0.2) is 96.7 Å². The first kappa shape index (κ1) is 85.1. The van der Waals surface area contributed by atoms with Gasteiger partial charge in [-0.2, -0.15) is 0 Å². The van der Waals surface area contributed by atoms with Gasteiger partial charge in [0.25, 0.3) is 0 Å². The molecule has 0 aliphatic rings. The van der Waals surface area contributed by atoms with E-state index >= 15 is 0 Å². The first-order valence-corrected chi connectivity index (χ1v) is 38.2. The van der Waals surface area contributed by atoms with E-state index < -0.39 is 97.5 Å². The fourth-order valence-corrected chi connectivity index (χ4v) is 11.7. The second kappa shape index (κ2) is 57.9. The lowest BCUT2D eigenvalue weighted by Crippen LogP contribution is -2.30. The van der Waals surface area contributed by atoms with E-state index in [1.165, 1.54) is 122 Å². The minimum Gasteiger partial charge on any atom is -0.462 e. The number of aliphatic hydroxyl groups excluding tert-OH is 1. The fourth-order valence-electron chi connectivity index (χ4n) is 10.1. The second-order valence-corrected chi connectivity index (χ2v) is 29.1. The summed E-state index contributed by atoms with van der Waals surface area (Å²) in [6.07, 6.45) is 39.2. The molecule has 0 spiro atoms. The first-order valence-electron chi connectivity index (χ1n) is 35.2. The molecule has 0 aliphatic carbocycles. The van der Waals surface area contributed by atoms with Crippen molar-refractivity contribution in [2.75, 3.05) is 39.6 Å². The molecule has 516 valence electrons. The van der Waals surface area contributed by atoms with Crippen LogP contribution in [0.25, 0.3) is 0 Å². The number of aliphatic hydroxyl groups is 1. The Bertz CT molecular complexity index is 1730. The minimum atomic E-state index is -4.95. The summed E-state index contributed by atoms with van der Waals surface area (Å²) in [6.45, 7) is 14.0. The van der Waals surface area contributed by atoms with Gasteiger partial charge in [0.15, 0.2) is 12.2 Å². The molecule has 3 N–H and O–H groups in total. The van der Waals surface area contributed by atoms with Crippen molar-refractivity contribution in [3.8, 4) is 0 Å². The van der Waals surface area contributed by atoms with Gasteiger partial charge in [-0.1, -0.05) is 280 Å². The SMILES string of the molecule is CCC(C)CCCCCCCCC(=O)OC[C@H](COP(=O)(O)OC[C@H](O)COP(=O)(O)OC[C@@H](COC(=O)CCCCCCCCCC(C)C)OC(=O)CCCCCCCCCC(C)C)OC(=O)CCCCCCCCCCCCCCCCC(C)C. The molecule has 0 aromatic carbocycles. The summed E-state index contributed by atoms with van der Waals surface area (Å²) >= 11 is 0. The van der Waals surface area contributed by atoms with Gasteiger partial charge in [0.1, 0.15) is 19.3 Å². The molecule has 3 unspecified atom stereocenters. The standard InChI is InChI=1S/C68H132O17P2/c1-9-61(8)47-39-31-26-27-33-41-49-66(71)79-55-64(84-67(72)50-42-34-23-17-15-13-11-10-12-14-16-20-28-36-44-58(2)3)57-83-87(76,77)81-53-62(69)52-80-86(74,75)82-56-63(85-68(73)51-43-35-25-19-22-30-38-46-60(6)7)54-78-65(70)48-40-32-24-18-21-29-37-45-59(4)5/h58-64,69H,9-57H2,1-8H3,(H,74,75)(H,76,77)/t61?,62-,63-,64-/m1/s1. The maximum Gasteiger partial charge on any atom is 0.472 e. The smallest absolute Gasteiger partial charge is 0.462 e. The highest BCUT2D eigenvalue weighted by molar-refractivity contribution is 7.47. The Morgan fingerprint density at radius 2 is 0.552 bits per heavy atom. The molecule has 0 saturated carbocycles. The van der Waals surface area contributed by atoms with Crippen LogP contribution < -0.4 is 0 Å². The molecule has 0 aromatic heterocycles. The Balaban J connectivity index is 5.22. The molecular weight excluding hydrogens is 1150 g/mol. The number of hydrogen-bond acceptors (Lipinski definition) is 15. The Labute approximate surface area is 530 Å². The highest BCUT2D eigenvalue weighted by Crippen LogP contribution is 2.45. The van der Waals surface area contributed by atoms with E-state index in [1.54, 1.807) is 0 Å². The number of phosphoric acid groups is 2. The van der Waals surface area contributed by atoms with E-state index in [-0.39, 0.29) is 25.7 Å². The van der Waals surface area contributed by atoms with Crippen LogP contribution in [0, 0.1) is 23.7 Å². The third-order valence-electron chi connectivity index (χ3n) is 15.9. The summed E-state index contributed by atoms with van der Waals surface area (Å²) in [5.74, 6) is 0.791. The quantitative estimate of drug-likeness (QED) is 0.0222. The Hall–Kier alpha value is -1.94. The van der Waals surface area contributed by atoms with Crippen molar-refractivity contribution in [2.24, 2.45) is 23.7 Å². The van der Waals surface area contributed by atoms with Gasteiger partial charge in [0, 0.05) is 25.7 Å². The highest BCUT2D eigenvalue weighted by Gasteiger charge is 2.30. The summed E-state index contributed by atoms with van der Waals surface area (Å²) in [6, 6.07) is 0. The molecule has 6 atom stereocenters. The molecular formula is C68H132O17P2. The normalized spacial score (nSPS) is 14.6. The van der Waals surface area contributed by atoms with Crippen molar-refractivity contribution in [2.45, 2.75) is 350 Å².